The molecule has 2 aliphatic rings. The van der Waals surface area contributed by atoms with Gasteiger partial charge in [-0.1, -0.05) is 18.2 Å². The van der Waals surface area contributed by atoms with Crippen LogP contribution in [0.1, 0.15) is 25.3 Å². The number of benzene rings is 1. The van der Waals surface area contributed by atoms with Gasteiger partial charge in [-0.15, -0.1) is 0 Å². The van der Waals surface area contributed by atoms with E-state index in [4.69, 9.17) is 5.73 Å². The lowest BCUT2D eigenvalue weighted by molar-refractivity contribution is -0.136. The Hall–Kier alpha value is -1.55. The Morgan fingerprint density at radius 2 is 2.15 bits per heavy atom. The van der Waals surface area contributed by atoms with Gasteiger partial charge in [0.15, 0.2) is 0 Å². The molecule has 1 aromatic carbocycles. The van der Waals surface area contributed by atoms with Gasteiger partial charge in [0.05, 0.1) is 6.42 Å². The predicted molar refractivity (Wildman–Crippen MR) is 80.3 cm³/mol. The minimum atomic E-state index is 0.210. The molecule has 0 aromatic heterocycles. The highest BCUT2D eigenvalue weighted by Gasteiger charge is 2.36. The highest BCUT2D eigenvalue weighted by atomic mass is 16.2. The number of carbonyl (C=O) groups excluding carboxylic acids is 1. The molecular weight excluding hydrogens is 250 g/mol. The maximum absolute atomic E-state index is 12.6. The van der Waals surface area contributed by atoms with Crippen molar-refractivity contribution in [2.45, 2.75) is 38.3 Å². The fraction of sp³-hybridized carbons (Fsp3) is 0.562. The fourth-order valence-corrected chi connectivity index (χ4v) is 3.49. The van der Waals surface area contributed by atoms with Gasteiger partial charge in [0.1, 0.15) is 0 Å². The number of hydrogen-bond donors (Lipinski definition) is 1. The molecule has 2 atom stereocenters. The molecule has 2 heterocycles. The summed E-state index contributed by atoms with van der Waals surface area (Å²) in [5.74, 6) is 0.210. The van der Waals surface area contributed by atoms with Crippen LogP contribution in [0.3, 0.4) is 0 Å². The lowest BCUT2D eigenvalue weighted by atomic mass is 10.0. The first-order chi connectivity index (χ1) is 9.65. The van der Waals surface area contributed by atoms with E-state index < -0.39 is 0 Å². The van der Waals surface area contributed by atoms with Crippen molar-refractivity contribution in [2.24, 2.45) is 0 Å². The number of anilines is 1. The number of carbonyl (C=O) groups is 1. The summed E-state index contributed by atoms with van der Waals surface area (Å²) in [4.78, 5) is 17.2. The Balaban J connectivity index is 1.69. The van der Waals surface area contributed by atoms with Crippen LogP contribution in [0, 0.1) is 0 Å². The molecule has 2 N–H and O–H groups in total. The second-order valence-corrected chi connectivity index (χ2v) is 6.06. The monoisotopic (exact) mass is 273 g/mol. The van der Waals surface area contributed by atoms with Crippen LogP contribution < -0.4 is 5.73 Å². The van der Waals surface area contributed by atoms with Crippen molar-refractivity contribution in [1.29, 1.82) is 0 Å². The van der Waals surface area contributed by atoms with Crippen molar-refractivity contribution in [1.82, 2.24) is 9.80 Å². The summed E-state index contributed by atoms with van der Waals surface area (Å²) in [6.07, 6.45) is 2.92. The topological polar surface area (TPSA) is 49.6 Å². The number of nitrogens with two attached hydrogens (primary N) is 1. The van der Waals surface area contributed by atoms with Crippen LogP contribution >= 0.6 is 0 Å². The average Bonchev–Trinajstić information content (AvgIpc) is 2.87. The molecule has 108 valence electrons. The molecule has 2 unspecified atom stereocenters. The third kappa shape index (κ3) is 2.52. The average molecular weight is 273 g/mol. The van der Waals surface area contributed by atoms with Crippen LogP contribution in [0.5, 0.6) is 0 Å². The summed E-state index contributed by atoms with van der Waals surface area (Å²) >= 11 is 0. The molecule has 20 heavy (non-hydrogen) atoms. The zero-order valence-electron chi connectivity index (χ0n) is 12.1. The molecule has 2 saturated heterocycles. The zero-order valence-corrected chi connectivity index (χ0v) is 12.1. The molecule has 1 aromatic rings. The summed E-state index contributed by atoms with van der Waals surface area (Å²) in [6, 6.07) is 8.54. The van der Waals surface area contributed by atoms with Gasteiger partial charge >= 0.3 is 0 Å². The van der Waals surface area contributed by atoms with Crippen molar-refractivity contribution in [3.05, 3.63) is 29.8 Å². The fourth-order valence-electron chi connectivity index (χ4n) is 3.49. The normalized spacial score (nSPS) is 26.6. The minimum absolute atomic E-state index is 0.210. The number of amides is 1. The van der Waals surface area contributed by atoms with Gasteiger partial charge in [-0.3, -0.25) is 9.69 Å². The number of hydrogen-bond acceptors (Lipinski definition) is 3. The van der Waals surface area contributed by atoms with Crippen molar-refractivity contribution >= 4 is 11.6 Å². The number of nitrogens with zero attached hydrogens (tertiary/aromatic N) is 2. The first-order valence-corrected chi connectivity index (χ1v) is 7.52. The summed E-state index contributed by atoms with van der Waals surface area (Å²) in [7, 11) is 0. The minimum Gasteiger partial charge on any atom is -0.398 e. The van der Waals surface area contributed by atoms with Crippen molar-refractivity contribution in [3.63, 3.8) is 0 Å². The summed E-state index contributed by atoms with van der Waals surface area (Å²) in [6.45, 7) is 5.25. The van der Waals surface area contributed by atoms with Crippen LogP contribution in [0.25, 0.3) is 0 Å². The second-order valence-electron chi connectivity index (χ2n) is 6.06. The van der Waals surface area contributed by atoms with Gasteiger partial charge in [0, 0.05) is 30.9 Å². The van der Waals surface area contributed by atoms with Crippen LogP contribution in [0.15, 0.2) is 24.3 Å². The molecule has 0 saturated carbocycles. The van der Waals surface area contributed by atoms with Gasteiger partial charge in [-0.05, 0) is 37.9 Å². The van der Waals surface area contributed by atoms with E-state index in [9.17, 15) is 4.79 Å². The number of fused-ring (bicyclic) bond motifs is 1. The smallest absolute Gasteiger partial charge is 0.227 e. The van der Waals surface area contributed by atoms with Crippen molar-refractivity contribution in [3.8, 4) is 0 Å². The molecular formula is C16H23N3O. The first kappa shape index (κ1) is 13.4. The lowest BCUT2D eigenvalue weighted by Gasteiger charge is -2.42. The highest BCUT2D eigenvalue weighted by molar-refractivity contribution is 5.80. The number of nitrogen functional groups attached to an aromatic ring is 1. The van der Waals surface area contributed by atoms with Crippen LogP contribution in [0.2, 0.25) is 0 Å². The maximum atomic E-state index is 12.6. The molecule has 0 radical (unpaired) electrons. The molecule has 0 bridgehead atoms. The van der Waals surface area contributed by atoms with E-state index >= 15 is 0 Å². The van der Waals surface area contributed by atoms with E-state index in [0.29, 0.717) is 24.2 Å². The molecule has 4 heteroatoms. The molecule has 3 rings (SSSR count). The Morgan fingerprint density at radius 1 is 1.35 bits per heavy atom. The molecule has 0 aliphatic carbocycles. The van der Waals surface area contributed by atoms with Crippen molar-refractivity contribution in [2.75, 3.05) is 25.4 Å². The first-order valence-electron chi connectivity index (χ1n) is 7.52. The van der Waals surface area contributed by atoms with E-state index in [0.717, 1.165) is 18.7 Å². The van der Waals surface area contributed by atoms with Gasteiger partial charge < -0.3 is 10.6 Å². The largest absolute Gasteiger partial charge is 0.398 e. The van der Waals surface area contributed by atoms with E-state index in [1.165, 1.54) is 19.4 Å². The van der Waals surface area contributed by atoms with Gasteiger partial charge in [0.25, 0.3) is 0 Å². The van der Waals surface area contributed by atoms with Gasteiger partial charge in [-0.2, -0.15) is 0 Å². The van der Waals surface area contributed by atoms with E-state index in [1.807, 2.05) is 24.3 Å². The number of para-hydroxylation sites is 1. The lowest BCUT2D eigenvalue weighted by Crippen LogP contribution is -2.57. The molecule has 0 spiro atoms. The predicted octanol–water partition coefficient (Wildman–Crippen LogP) is 1.51. The Morgan fingerprint density at radius 3 is 2.95 bits per heavy atom. The SMILES string of the molecule is CC1CN2CCCC2CN1C(=O)Cc1ccccc1N. The maximum Gasteiger partial charge on any atom is 0.227 e. The van der Waals surface area contributed by atoms with Gasteiger partial charge in [-0.25, -0.2) is 0 Å². The van der Waals surface area contributed by atoms with E-state index in [1.54, 1.807) is 0 Å². The van der Waals surface area contributed by atoms with Gasteiger partial charge in [0.2, 0.25) is 5.91 Å². The Bertz CT molecular complexity index is 502. The van der Waals surface area contributed by atoms with E-state index in [2.05, 4.69) is 16.7 Å². The molecule has 4 nitrogen and oxygen atoms in total. The third-order valence-electron chi connectivity index (χ3n) is 4.65. The Labute approximate surface area is 120 Å². The van der Waals surface area contributed by atoms with Crippen LogP contribution in [-0.4, -0.2) is 47.4 Å². The summed E-state index contributed by atoms with van der Waals surface area (Å²) in [5, 5.41) is 0. The van der Waals surface area contributed by atoms with E-state index in [-0.39, 0.29) is 5.91 Å². The second kappa shape index (κ2) is 5.44. The Kier molecular flexibility index (Phi) is 3.66. The molecule has 2 aliphatic heterocycles. The van der Waals surface area contributed by atoms with Crippen LogP contribution in [-0.2, 0) is 11.2 Å². The zero-order chi connectivity index (χ0) is 14.1. The van der Waals surface area contributed by atoms with Crippen molar-refractivity contribution < 1.29 is 4.79 Å². The summed E-state index contributed by atoms with van der Waals surface area (Å²) in [5.41, 5.74) is 7.60. The number of rotatable bonds is 2. The molecule has 2 fully saturated rings. The van der Waals surface area contributed by atoms with Crippen LogP contribution in [0.4, 0.5) is 5.69 Å². The standard InChI is InChI=1S/C16H23N3O/c1-12-10-18-8-4-6-14(18)11-19(12)16(20)9-13-5-2-3-7-15(13)17/h2-3,5,7,12,14H,4,6,8-11,17H2,1H3. The highest BCUT2D eigenvalue weighted by Crippen LogP contribution is 2.25. The molecule has 1 amide bonds. The number of piperazine rings is 1. The quantitative estimate of drug-likeness (QED) is 0.831. The third-order valence-corrected chi connectivity index (χ3v) is 4.65. The summed E-state index contributed by atoms with van der Waals surface area (Å²) < 4.78 is 0.